The van der Waals surface area contributed by atoms with E-state index in [2.05, 4.69) is 22.8 Å². The molecule has 1 atom stereocenters. The molecule has 2 amide bonds. The van der Waals surface area contributed by atoms with Crippen molar-refractivity contribution in [1.29, 1.82) is 0 Å². The van der Waals surface area contributed by atoms with E-state index in [0.29, 0.717) is 42.9 Å². The van der Waals surface area contributed by atoms with Gasteiger partial charge in [0.15, 0.2) is 11.5 Å². The number of methoxy groups -OCH3 is 2. The predicted octanol–water partition coefficient (Wildman–Crippen LogP) is 3.20. The number of rotatable bonds is 8. The lowest BCUT2D eigenvalue weighted by atomic mass is 9.94. The maximum absolute atomic E-state index is 12.0. The number of carbonyl (C=O) groups excluding carboxylic acids is 1. The van der Waals surface area contributed by atoms with Crippen LogP contribution < -0.4 is 20.1 Å². The molecule has 0 fully saturated rings. The molecule has 6 nitrogen and oxygen atoms in total. The molecule has 0 saturated carbocycles. The fourth-order valence-corrected chi connectivity index (χ4v) is 2.56. The van der Waals surface area contributed by atoms with E-state index in [4.69, 9.17) is 14.2 Å². The summed E-state index contributed by atoms with van der Waals surface area (Å²) in [4.78, 5) is 12.0. The van der Waals surface area contributed by atoms with E-state index in [1.165, 1.54) is 0 Å². The molecule has 0 bridgehead atoms. The van der Waals surface area contributed by atoms with Gasteiger partial charge in [0.25, 0.3) is 0 Å². The van der Waals surface area contributed by atoms with Gasteiger partial charge in [-0.15, -0.1) is 0 Å². The maximum Gasteiger partial charge on any atom is 0.319 e. The zero-order chi connectivity index (χ0) is 17.2. The summed E-state index contributed by atoms with van der Waals surface area (Å²) in [6.45, 7) is 1.58. The highest BCUT2D eigenvalue weighted by molar-refractivity contribution is 5.89. The molecule has 6 heteroatoms. The quantitative estimate of drug-likeness (QED) is 0.566. The van der Waals surface area contributed by atoms with Gasteiger partial charge in [0.2, 0.25) is 0 Å². The molecule has 1 aromatic carbocycles. The normalized spacial score (nSPS) is 16.5. The van der Waals surface area contributed by atoms with Crippen LogP contribution in [-0.2, 0) is 4.74 Å². The summed E-state index contributed by atoms with van der Waals surface area (Å²) in [5.41, 5.74) is 0.657. The highest BCUT2D eigenvalue weighted by Gasteiger charge is 2.12. The first-order valence-electron chi connectivity index (χ1n) is 8.22. The molecule has 24 heavy (non-hydrogen) atoms. The van der Waals surface area contributed by atoms with Crippen molar-refractivity contribution in [2.45, 2.75) is 19.3 Å². The Bertz CT molecular complexity index is 560. The summed E-state index contributed by atoms with van der Waals surface area (Å²) >= 11 is 0. The van der Waals surface area contributed by atoms with Crippen LogP contribution in [0.25, 0.3) is 0 Å². The first kappa shape index (κ1) is 18.1. The Morgan fingerprint density at radius 3 is 2.79 bits per heavy atom. The molecule has 0 heterocycles. The molecule has 1 aromatic rings. The Kier molecular flexibility index (Phi) is 7.42. The molecule has 1 aliphatic rings. The van der Waals surface area contributed by atoms with Crippen LogP contribution in [0.15, 0.2) is 30.4 Å². The molecule has 0 aliphatic heterocycles. The van der Waals surface area contributed by atoms with E-state index in [0.717, 1.165) is 19.3 Å². The van der Waals surface area contributed by atoms with Gasteiger partial charge in [-0.2, -0.15) is 0 Å². The van der Waals surface area contributed by atoms with Crippen molar-refractivity contribution in [2.24, 2.45) is 5.92 Å². The lowest BCUT2D eigenvalue weighted by molar-refractivity contribution is 0.144. The second-order valence-corrected chi connectivity index (χ2v) is 5.69. The molecule has 0 unspecified atom stereocenters. The molecule has 2 rings (SSSR count). The number of nitrogens with one attached hydrogen (secondary N) is 2. The lowest BCUT2D eigenvalue weighted by Crippen LogP contribution is -2.33. The zero-order valence-corrected chi connectivity index (χ0v) is 14.3. The third kappa shape index (κ3) is 5.77. The van der Waals surface area contributed by atoms with Crippen LogP contribution in [0, 0.1) is 5.92 Å². The van der Waals surface area contributed by atoms with Crippen LogP contribution in [0.5, 0.6) is 11.5 Å². The first-order valence-corrected chi connectivity index (χ1v) is 8.22. The van der Waals surface area contributed by atoms with Crippen molar-refractivity contribution in [3.63, 3.8) is 0 Å². The number of benzene rings is 1. The number of hydrogen-bond donors (Lipinski definition) is 2. The van der Waals surface area contributed by atoms with Gasteiger partial charge in [-0.1, -0.05) is 12.2 Å². The van der Waals surface area contributed by atoms with Gasteiger partial charge in [-0.3, -0.25) is 0 Å². The molecule has 0 spiro atoms. The summed E-state index contributed by atoms with van der Waals surface area (Å²) < 4.78 is 15.8. The van der Waals surface area contributed by atoms with Gasteiger partial charge in [0, 0.05) is 25.4 Å². The highest BCUT2D eigenvalue weighted by Crippen LogP contribution is 2.30. The van der Waals surface area contributed by atoms with Gasteiger partial charge >= 0.3 is 6.03 Å². The maximum atomic E-state index is 12.0. The topological polar surface area (TPSA) is 68.8 Å². The van der Waals surface area contributed by atoms with E-state index < -0.39 is 0 Å². The lowest BCUT2D eigenvalue weighted by Gasteiger charge is -2.18. The van der Waals surface area contributed by atoms with Crippen molar-refractivity contribution in [3.05, 3.63) is 30.4 Å². The fourth-order valence-electron chi connectivity index (χ4n) is 2.56. The number of amides is 2. The monoisotopic (exact) mass is 334 g/mol. The van der Waals surface area contributed by atoms with Crippen molar-refractivity contribution in [2.75, 3.05) is 39.3 Å². The van der Waals surface area contributed by atoms with Gasteiger partial charge in [0.05, 0.1) is 13.7 Å². The van der Waals surface area contributed by atoms with E-state index in [9.17, 15) is 4.79 Å². The summed E-state index contributed by atoms with van der Waals surface area (Å²) in [6, 6.07) is 5.09. The molecular weight excluding hydrogens is 308 g/mol. The Morgan fingerprint density at radius 1 is 1.21 bits per heavy atom. The number of carbonyl (C=O) groups is 1. The van der Waals surface area contributed by atoms with Crippen LogP contribution in [0.1, 0.15) is 19.3 Å². The molecule has 0 radical (unpaired) electrons. The van der Waals surface area contributed by atoms with Gasteiger partial charge in [-0.05, 0) is 37.3 Å². The van der Waals surface area contributed by atoms with Crippen LogP contribution in [0.2, 0.25) is 0 Å². The van der Waals surface area contributed by atoms with E-state index >= 15 is 0 Å². The Hall–Kier alpha value is -2.21. The number of hydrogen-bond acceptors (Lipinski definition) is 4. The fraction of sp³-hybridized carbons (Fsp3) is 0.500. The van der Waals surface area contributed by atoms with Crippen molar-refractivity contribution in [3.8, 4) is 11.5 Å². The number of ether oxygens (including phenoxy) is 3. The van der Waals surface area contributed by atoms with Crippen LogP contribution >= 0.6 is 0 Å². The smallest absolute Gasteiger partial charge is 0.319 e. The predicted molar refractivity (Wildman–Crippen MR) is 93.9 cm³/mol. The Balaban J connectivity index is 1.87. The minimum absolute atomic E-state index is 0.211. The van der Waals surface area contributed by atoms with Crippen molar-refractivity contribution >= 4 is 11.7 Å². The Morgan fingerprint density at radius 2 is 2.08 bits per heavy atom. The minimum Gasteiger partial charge on any atom is -0.493 e. The highest BCUT2D eigenvalue weighted by atomic mass is 16.5. The summed E-state index contributed by atoms with van der Waals surface area (Å²) in [5.74, 6) is 1.71. The average molecular weight is 334 g/mol. The number of urea groups is 1. The van der Waals surface area contributed by atoms with E-state index in [-0.39, 0.29) is 6.03 Å². The van der Waals surface area contributed by atoms with Crippen molar-refractivity contribution in [1.82, 2.24) is 5.32 Å². The van der Waals surface area contributed by atoms with E-state index in [1.807, 2.05) is 0 Å². The molecule has 2 N–H and O–H groups in total. The first-order chi connectivity index (χ1) is 11.7. The van der Waals surface area contributed by atoms with Gasteiger partial charge in [0.1, 0.15) is 6.61 Å². The molecule has 0 aromatic heterocycles. The van der Waals surface area contributed by atoms with Crippen LogP contribution in [0.3, 0.4) is 0 Å². The second-order valence-electron chi connectivity index (χ2n) is 5.69. The van der Waals surface area contributed by atoms with Gasteiger partial charge < -0.3 is 24.8 Å². The van der Waals surface area contributed by atoms with Crippen LogP contribution in [0.4, 0.5) is 10.5 Å². The van der Waals surface area contributed by atoms with Gasteiger partial charge in [-0.25, -0.2) is 4.79 Å². The molecule has 0 saturated heterocycles. The van der Waals surface area contributed by atoms with E-state index in [1.54, 1.807) is 32.4 Å². The standard InChI is InChI=1S/C18H26N2O4/c1-22-10-11-24-17-12-15(8-9-16(17)23-2)20-18(21)19-13-14-6-4-3-5-7-14/h3-4,8-9,12,14H,5-7,10-11,13H2,1-2H3,(H2,19,20,21)/t14-/m1/s1. The summed E-state index contributed by atoms with van der Waals surface area (Å²) in [6.07, 6.45) is 7.62. The number of anilines is 1. The third-order valence-corrected chi connectivity index (χ3v) is 3.90. The second kappa shape index (κ2) is 9.82. The largest absolute Gasteiger partial charge is 0.493 e. The minimum atomic E-state index is -0.211. The van der Waals surface area contributed by atoms with Crippen LogP contribution in [-0.4, -0.2) is 40.0 Å². The van der Waals surface area contributed by atoms with Crippen molar-refractivity contribution < 1.29 is 19.0 Å². The molecule has 1 aliphatic carbocycles. The summed E-state index contributed by atoms with van der Waals surface area (Å²) in [7, 11) is 3.20. The Labute approximate surface area is 143 Å². The molecular formula is C18H26N2O4. The zero-order valence-electron chi connectivity index (χ0n) is 14.3. The third-order valence-electron chi connectivity index (χ3n) is 3.90. The number of allylic oxidation sites excluding steroid dienone is 2. The average Bonchev–Trinajstić information content (AvgIpc) is 2.61. The SMILES string of the molecule is COCCOc1cc(NC(=O)NC[C@@H]2CC=CCC2)ccc1OC. The summed E-state index contributed by atoms with van der Waals surface area (Å²) in [5, 5.41) is 5.75. The molecule has 132 valence electrons.